The number of phenolic OH excluding ortho intramolecular Hbond substituents is 1. The number of fused-ring (bicyclic) bond motifs is 3. The van der Waals surface area contributed by atoms with Crippen LogP contribution in [0.15, 0.2) is 36.4 Å². The van der Waals surface area contributed by atoms with Gasteiger partial charge in [-0.15, -0.1) is 0 Å². The highest BCUT2D eigenvalue weighted by Crippen LogP contribution is 2.31. The van der Waals surface area contributed by atoms with Gasteiger partial charge in [0.1, 0.15) is 18.1 Å². The average molecular weight is 489 g/mol. The Morgan fingerprint density at radius 3 is 2.74 bits per heavy atom. The van der Waals surface area contributed by atoms with Gasteiger partial charge in [0.05, 0.1) is 11.8 Å². The minimum Gasteiger partial charge on any atom is -0.506 e. The minimum atomic E-state index is -3.77. The normalized spacial score (nSPS) is 14.8. The quantitative estimate of drug-likeness (QED) is 0.221. The first kappa shape index (κ1) is 24.3. The number of ether oxygens (including phenoxy) is 1. The number of aromatic hydroxyl groups is 1. The molecule has 0 saturated heterocycles. The Balaban J connectivity index is 1.27. The topological polar surface area (TPSA) is 127 Å². The number of H-pyrrole nitrogens is 1. The molecule has 3 aromatic rings. The van der Waals surface area contributed by atoms with Crippen LogP contribution in [-0.2, 0) is 23.1 Å². The van der Waals surface area contributed by atoms with E-state index in [-0.39, 0.29) is 18.0 Å². The van der Waals surface area contributed by atoms with Gasteiger partial charge >= 0.3 is 10.2 Å². The van der Waals surface area contributed by atoms with Gasteiger partial charge in [-0.2, -0.15) is 12.7 Å². The van der Waals surface area contributed by atoms with Gasteiger partial charge in [-0.1, -0.05) is 6.07 Å². The molecule has 34 heavy (non-hydrogen) atoms. The molecule has 0 amide bonds. The Labute approximate surface area is 199 Å². The highest BCUT2D eigenvalue weighted by atomic mass is 32.2. The molecule has 4 rings (SSSR count). The van der Waals surface area contributed by atoms with Crippen LogP contribution in [0.25, 0.3) is 10.9 Å². The number of hydrogen-bond donors (Lipinski definition) is 5. The summed E-state index contributed by atoms with van der Waals surface area (Å²) in [6.45, 7) is 1.20. The number of benzene rings is 2. The lowest BCUT2D eigenvalue weighted by Gasteiger charge is -2.17. The van der Waals surface area contributed by atoms with Gasteiger partial charge in [-0.05, 0) is 61.1 Å². The Kier molecular flexibility index (Phi) is 7.32. The monoisotopic (exact) mass is 488 g/mol. The highest BCUT2D eigenvalue weighted by Gasteiger charge is 2.18. The Morgan fingerprint density at radius 1 is 1.15 bits per heavy atom. The highest BCUT2D eigenvalue weighted by molar-refractivity contribution is 7.90. The number of aryl methyl sites for hydroxylation is 2. The molecule has 0 spiro atoms. The average Bonchev–Trinajstić information content (AvgIpc) is 3.17. The number of nitrogens with one attached hydrogen (secondary N) is 3. The van der Waals surface area contributed by atoms with Crippen LogP contribution in [0.3, 0.4) is 0 Å². The Hall–Kier alpha value is -2.79. The molecule has 1 aliphatic rings. The van der Waals surface area contributed by atoms with Crippen molar-refractivity contribution in [1.82, 2.24) is 14.6 Å². The van der Waals surface area contributed by atoms with Gasteiger partial charge in [-0.3, -0.25) is 4.72 Å². The van der Waals surface area contributed by atoms with Crippen LogP contribution in [0.4, 0.5) is 5.69 Å². The van der Waals surface area contributed by atoms with E-state index in [0.29, 0.717) is 18.7 Å². The summed E-state index contributed by atoms with van der Waals surface area (Å²) < 4.78 is 33.2. The second-order valence-electron chi connectivity index (χ2n) is 8.73. The van der Waals surface area contributed by atoms with Crippen molar-refractivity contribution in [3.05, 3.63) is 53.2 Å². The van der Waals surface area contributed by atoms with Gasteiger partial charge in [-0.25, -0.2) is 0 Å². The lowest BCUT2D eigenvalue weighted by Crippen LogP contribution is -2.29. The van der Waals surface area contributed by atoms with E-state index in [0.717, 1.165) is 28.4 Å². The molecular formula is C24H32N4O5S. The van der Waals surface area contributed by atoms with Crippen LogP contribution in [0.5, 0.6) is 11.5 Å². The van der Waals surface area contributed by atoms with E-state index < -0.39 is 16.3 Å². The molecule has 10 heteroatoms. The van der Waals surface area contributed by atoms with Crippen LogP contribution in [0.2, 0.25) is 0 Å². The summed E-state index contributed by atoms with van der Waals surface area (Å²) in [5.74, 6) is 0.576. The first-order chi connectivity index (χ1) is 16.2. The van der Waals surface area contributed by atoms with Crippen molar-refractivity contribution in [2.24, 2.45) is 0 Å². The summed E-state index contributed by atoms with van der Waals surface area (Å²) in [5.41, 5.74) is 4.39. The summed E-state index contributed by atoms with van der Waals surface area (Å²) >= 11 is 0. The molecule has 1 aliphatic carbocycles. The van der Waals surface area contributed by atoms with Crippen LogP contribution in [0, 0.1) is 0 Å². The number of aliphatic hydroxyl groups excluding tert-OH is 1. The standard InChI is InChI=1S/C24H32N4O5S/c1-28(2)34(31,32)27-22-13-16(7-10-23(22)29)24(30)15-25-11-12-33-17-8-9-19-18-5-3-4-6-20(18)26-21(19)14-17/h7-10,13-14,24-27,29-30H,3-6,11-12,15H2,1-2H3. The molecule has 0 saturated carbocycles. The second kappa shape index (κ2) is 10.2. The van der Waals surface area contributed by atoms with Gasteiger partial charge in [0, 0.05) is 49.8 Å². The molecule has 1 atom stereocenters. The van der Waals surface area contributed by atoms with Crippen molar-refractivity contribution in [3.63, 3.8) is 0 Å². The number of aliphatic hydroxyl groups is 1. The molecule has 2 aromatic carbocycles. The van der Waals surface area contributed by atoms with E-state index in [9.17, 15) is 18.6 Å². The first-order valence-corrected chi connectivity index (χ1v) is 12.9. The van der Waals surface area contributed by atoms with Crippen LogP contribution in [-0.4, -0.2) is 61.7 Å². The first-order valence-electron chi connectivity index (χ1n) is 11.4. The lowest BCUT2D eigenvalue weighted by molar-refractivity contribution is 0.172. The predicted octanol–water partition coefficient (Wildman–Crippen LogP) is 2.67. The smallest absolute Gasteiger partial charge is 0.301 e. The van der Waals surface area contributed by atoms with Crippen molar-refractivity contribution in [2.75, 3.05) is 38.5 Å². The van der Waals surface area contributed by atoms with Gasteiger partial charge in [0.15, 0.2) is 0 Å². The van der Waals surface area contributed by atoms with Crippen molar-refractivity contribution in [3.8, 4) is 11.5 Å². The molecular weight excluding hydrogens is 456 g/mol. The zero-order valence-corrected chi connectivity index (χ0v) is 20.3. The number of aromatic amines is 1. The fraction of sp³-hybridized carbons (Fsp3) is 0.417. The molecule has 0 aliphatic heterocycles. The lowest BCUT2D eigenvalue weighted by atomic mass is 9.96. The van der Waals surface area contributed by atoms with E-state index in [4.69, 9.17) is 4.74 Å². The SMILES string of the molecule is CN(C)S(=O)(=O)Nc1cc(C(O)CNCCOc2ccc3c4c([nH]c3c2)CCCC4)ccc1O. The maximum atomic E-state index is 12.0. The zero-order valence-electron chi connectivity index (χ0n) is 19.5. The zero-order chi connectivity index (χ0) is 24.3. The van der Waals surface area contributed by atoms with E-state index in [1.807, 2.05) is 12.1 Å². The van der Waals surface area contributed by atoms with E-state index in [1.165, 1.54) is 55.7 Å². The molecule has 0 bridgehead atoms. The van der Waals surface area contributed by atoms with Crippen molar-refractivity contribution in [2.45, 2.75) is 31.8 Å². The van der Waals surface area contributed by atoms with Crippen LogP contribution >= 0.6 is 0 Å². The Morgan fingerprint density at radius 2 is 1.94 bits per heavy atom. The third-order valence-corrected chi connectivity index (χ3v) is 7.52. The van der Waals surface area contributed by atoms with Crippen LogP contribution < -0.4 is 14.8 Å². The van der Waals surface area contributed by atoms with Crippen molar-refractivity contribution >= 4 is 26.8 Å². The summed E-state index contributed by atoms with van der Waals surface area (Å²) in [6, 6.07) is 10.5. The molecule has 1 aromatic heterocycles. The van der Waals surface area contributed by atoms with Crippen molar-refractivity contribution < 1.29 is 23.4 Å². The number of rotatable bonds is 10. The maximum absolute atomic E-state index is 12.0. The van der Waals surface area contributed by atoms with Gasteiger partial charge in [0.2, 0.25) is 0 Å². The number of aromatic nitrogens is 1. The summed E-state index contributed by atoms with van der Waals surface area (Å²) in [4.78, 5) is 3.53. The van der Waals surface area contributed by atoms with Crippen LogP contribution in [0.1, 0.15) is 35.8 Å². The summed E-state index contributed by atoms with van der Waals surface area (Å²) in [5, 5.41) is 24.9. The van der Waals surface area contributed by atoms with Crippen molar-refractivity contribution in [1.29, 1.82) is 0 Å². The summed E-state index contributed by atoms with van der Waals surface area (Å²) in [6.07, 6.45) is 3.83. The molecule has 1 heterocycles. The molecule has 5 N–H and O–H groups in total. The predicted molar refractivity (Wildman–Crippen MR) is 133 cm³/mol. The molecule has 1 unspecified atom stereocenters. The maximum Gasteiger partial charge on any atom is 0.301 e. The Bertz CT molecular complexity index is 1260. The molecule has 9 nitrogen and oxygen atoms in total. The number of hydrogen-bond acceptors (Lipinski definition) is 6. The second-order valence-corrected chi connectivity index (χ2v) is 10.6. The number of phenols is 1. The number of anilines is 1. The largest absolute Gasteiger partial charge is 0.506 e. The van der Waals surface area contributed by atoms with E-state index in [1.54, 1.807) is 6.07 Å². The van der Waals surface area contributed by atoms with Gasteiger partial charge in [0.25, 0.3) is 0 Å². The molecule has 0 fully saturated rings. The minimum absolute atomic E-state index is 0.00923. The third kappa shape index (κ3) is 5.47. The third-order valence-electron chi connectivity index (χ3n) is 6.08. The molecule has 184 valence electrons. The summed E-state index contributed by atoms with van der Waals surface area (Å²) in [7, 11) is -1.01. The molecule has 0 radical (unpaired) electrons. The number of nitrogens with zero attached hydrogens (tertiary/aromatic N) is 1. The fourth-order valence-electron chi connectivity index (χ4n) is 4.15. The van der Waals surface area contributed by atoms with E-state index >= 15 is 0 Å². The van der Waals surface area contributed by atoms with E-state index in [2.05, 4.69) is 21.1 Å². The fourth-order valence-corrected chi connectivity index (χ4v) is 4.78. The van der Waals surface area contributed by atoms with Gasteiger partial charge < -0.3 is 25.3 Å².